The molecule has 0 saturated heterocycles. The van der Waals surface area contributed by atoms with Gasteiger partial charge < -0.3 is 9.73 Å². The summed E-state index contributed by atoms with van der Waals surface area (Å²) < 4.78 is 5.01. The lowest BCUT2D eigenvalue weighted by atomic mass is 10.1. The number of nitrogens with zero attached hydrogens (tertiary/aromatic N) is 1. The monoisotopic (exact) mass is 369 g/mol. The van der Waals surface area contributed by atoms with Crippen LogP contribution in [0.5, 0.6) is 5.75 Å². The Kier molecular flexibility index (Phi) is 16.5. The zero-order valence-corrected chi connectivity index (χ0v) is 18.0. The highest BCUT2D eigenvalue weighted by molar-refractivity contribution is 5.96. The number of hydrogen-bond acceptors (Lipinski definition) is 3. The Hall–Kier alpha value is -2.68. The molecule has 0 saturated carbocycles. The van der Waals surface area contributed by atoms with Crippen molar-refractivity contribution in [3.63, 3.8) is 0 Å². The Balaban J connectivity index is 0. The average Bonchev–Trinajstić information content (AvgIpc) is 2.68. The molecule has 0 spiro atoms. The van der Waals surface area contributed by atoms with Crippen molar-refractivity contribution in [1.29, 1.82) is 0 Å². The lowest BCUT2D eigenvalue weighted by Crippen LogP contribution is -1.92. The fraction of sp³-hybridized carbons (Fsp3) is 0.333. The number of aliphatic imine (C=N–C) groups is 1. The second-order valence-electron chi connectivity index (χ2n) is 5.66. The van der Waals surface area contributed by atoms with Crippen molar-refractivity contribution < 1.29 is 9.53 Å². The van der Waals surface area contributed by atoms with Crippen molar-refractivity contribution in [3.05, 3.63) is 77.9 Å². The van der Waals surface area contributed by atoms with Gasteiger partial charge in [0.2, 0.25) is 0 Å². The second kappa shape index (κ2) is 16.8. The Labute approximate surface area is 165 Å². The molecule has 0 aromatic heterocycles. The van der Waals surface area contributed by atoms with Crippen LogP contribution in [0, 0.1) is 0 Å². The van der Waals surface area contributed by atoms with Gasteiger partial charge in [-0.15, -0.1) is 0 Å². The van der Waals surface area contributed by atoms with Crippen LogP contribution in [0.4, 0.5) is 0 Å². The lowest BCUT2D eigenvalue weighted by molar-refractivity contribution is -0.113. The van der Waals surface area contributed by atoms with Crippen LogP contribution in [0.1, 0.15) is 40.2 Å². The summed E-state index contributed by atoms with van der Waals surface area (Å²) in [7, 11) is 3.43. The van der Waals surface area contributed by atoms with Crippen molar-refractivity contribution in [2.24, 2.45) is 4.99 Å². The van der Waals surface area contributed by atoms with Crippen molar-refractivity contribution in [2.75, 3.05) is 14.2 Å². The number of ketones is 1. The van der Waals surface area contributed by atoms with Gasteiger partial charge in [0.25, 0.3) is 0 Å². The molecular weight excluding hydrogens is 334 g/mol. The topological polar surface area (TPSA) is 38.7 Å². The van der Waals surface area contributed by atoms with E-state index in [2.05, 4.69) is 37.2 Å². The van der Waals surface area contributed by atoms with E-state index in [1.165, 1.54) is 5.56 Å². The summed E-state index contributed by atoms with van der Waals surface area (Å²) in [5, 5.41) is 0. The number of carbonyl (C=O) groups is 1. The van der Waals surface area contributed by atoms with Gasteiger partial charge in [0, 0.05) is 12.6 Å². The van der Waals surface area contributed by atoms with E-state index >= 15 is 0 Å². The molecule has 0 heterocycles. The molecule has 0 atom stereocenters. The molecular formula is C24H35NO2. The molecule has 0 aliphatic carbocycles. The molecule has 148 valence electrons. The van der Waals surface area contributed by atoms with E-state index in [1.807, 2.05) is 32.9 Å². The molecule has 0 fully saturated rings. The number of carbonyl (C=O) groups excluding carboxylic acids is 1. The van der Waals surface area contributed by atoms with Crippen LogP contribution >= 0.6 is 0 Å². The third-order valence-electron chi connectivity index (χ3n) is 3.56. The molecule has 1 aromatic rings. The van der Waals surface area contributed by atoms with Crippen LogP contribution in [0.15, 0.2) is 77.4 Å². The molecule has 0 aliphatic rings. The molecule has 0 unspecified atom stereocenters. The highest BCUT2D eigenvalue weighted by Gasteiger charge is 1.96. The molecule has 0 radical (unpaired) electrons. The van der Waals surface area contributed by atoms with Gasteiger partial charge in [0.15, 0.2) is 5.78 Å². The van der Waals surface area contributed by atoms with Gasteiger partial charge in [-0.3, -0.25) is 4.79 Å². The minimum atomic E-state index is 0.0632. The number of benzene rings is 1. The van der Waals surface area contributed by atoms with E-state index in [0.717, 1.165) is 23.3 Å². The maximum atomic E-state index is 11.0. The molecule has 3 nitrogen and oxygen atoms in total. The van der Waals surface area contributed by atoms with Crippen molar-refractivity contribution in [1.82, 2.24) is 0 Å². The molecule has 0 amide bonds. The molecule has 1 rings (SSSR count). The van der Waals surface area contributed by atoms with Gasteiger partial charge in [-0.2, -0.15) is 0 Å². The van der Waals surface area contributed by atoms with E-state index in [-0.39, 0.29) is 5.78 Å². The predicted octanol–water partition coefficient (Wildman–Crippen LogP) is 6.17. The van der Waals surface area contributed by atoms with E-state index in [9.17, 15) is 4.79 Å². The summed E-state index contributed by atoms with van der Waals surface area (Å²) in [6.45, 7) is 16.8. The van der Waals surface area contributed by atoms with Gasteiger partial charge >= 0.3 is 0 Å². The molecule has 0 N–H and O–H groups in total. The Bertz CT molecular complexity index is 635. The summed E-state index contributed by atoms with van der Waals surface area (Å²) in [6.07, 6.45) is 8.19. The smallest absolute Gasteiger partial charge is 0.159 e. The first-order valence-corrected chi connectivity index (χ1v) is 8.97. The molecule has 27 heavy (non-hydrogen) atoms. The lowest BCUT2D eigenvalue weighted by Gasteiger charge is -1.99. The normalized spacial score (nSPS) is 10.6. The van der Waals surface area contributed by atoms with E-state index in [4.69, 9.17) is 4.74 Å². The average molecular weight is 370 g/mol. The van der Waals surface area contributed by atoms with Crippen LogP contribution in [-0.2, 0) is 11.2 Å². The largest absolute Gasteiger partial charge is 0.497 e. The minimum absolute atomic E-state index is 0.0632. The van der Waals surface area contributed by atoms with E-state index in [1.54, 1.807) is 45.5 Å². The summed E-state index contributed by atoms with van der Waals surface area (Å²) >= 11 is 0. The first-order valence-electron chi connectivity index (χ1n) is 8.97. The molecule has 0 bridgehead atoms. The van der Waals surface area contributed by atoms with Crippen LogP contribution in [-0.4, -0.2) is 26.2 Å². The van der Waals surface area contributed by atoms with Crippen molar-refractivity contribution >= 4 is 12.0 Å². The number of aryl methyl sites for hydroxylation is 1. The van der Waals surface area contributed by atoms with Gasteiger partial charge in [-0.25, -0.2) is 0 Å². The standard InChI is InChI=1S/C12H16O.C9H12O.C3H7N/c1-6-12(11(5)13)8-7-10(4)9(2)3;1-3-8-4-6-9(10-2)7-5-8;1-3-4-2/h6-8H,2,4H2,1,3,5H3;4-7H,3H2,1-2H3;3H,1-2H3/b8-7-,12-6+;;. The van der Waals surface area contributed by atoms with Crippen molar-refractivity contribution in [3.8, 4) is 5.75 Å². The number of hydrogen-bond donors (Lipinski definition) is 0. The number of allylic oxidation sites excluding steroid dienone is 6. The Morgan fingerprint density at radius 1 is 1.11 bits per heavy atom. The summed E-state index contributed by atoms with van der Waals surface area (Å²) in [4.78, 5) is 14.6. The molecule has 3 heteroatoms. The SMILES string of the molecule is C=C(C)C(=C)/C=C\C(=C/C)C(C)=O.CC=NC.CCc1ccc(OC)cc1. The highest BCUT2D eigenvalue weighted by Crippen LogP contribution is 2.11. The van der Waals surface area contributed by atoms with Gasteiger partial charge in [-0.05, 0) is 63.6 Å². The van der Waals surface area contributed by atoms with E-state index in [0.29, 0.717) is 5.57 Å². The van der Waals surface area contributed by atoms with Crippen LogP contribution < -0.4 is 4.74 Å². The fourth-order valence-electron chi connectivity index (χ4n) is 1.61. The summed E-state index contributed by atoms with van der Waals surface area (Å²) in [5.41, 5.74) is 3.80. The van der Waals surface area contributed by atoms with Gasteiger partial charge in [-0.1, -0.05) is 56.0 Å². The number of Topliss-reactive ketones (excluding diaryl/α,β-unsaturated/α-hetero) is 1. The highest BCUT2D eigenvalue weighted by atomic mass is 16.5. The van der Waals surface area contributed by atoms with Crippen LogP contribution in [0.2, 0.25) is 0 Å². The first-order chi connectivity index (χ1) is 12.8. The third-order valence-corrected chi connectivity index (χ3v) is 3.56. The Morgan fingerprint density at radius 2 is 1.63 bits per heavy atom. The van der Waals surface area contributed by atoms with Gasteiger partial charge in [0.05, 0.1) is 7.11 Å². The quantitative estimate of drug-likeness (QED) is 0.341. The maximum absolute atomic E-state index is 11.0. The fourth-order valence-corrected chi connectivity index (χ4v) is 1.61. The van der Waals surface area contributed by atoms with Crippen molar-refractivity contribution in [2.45, 2.75) is 41.0 Å². The van der Waals surface area contributed by atoms with Crippen LogP contribution in [0.25, 0.3) is 0 Å². The first kappa shape index (κ1) is 26.5. The Morgan fingerprint density at radius 3 is 1.93 bits per heavy atom. The van der Waals surface area contributed by atoms with Crippen LogP contribution in [0.3, 0.4) is 0 Å². The zero-order chi connectivity index (χ0) is 21.2. The predicted molar refractivity (Wildman–Crippen MR) is 120 cm³/mol. The summed E-state index contributed by atoms with van der Waals surface area (Å²) in [5.74, 6) is 0.991. The minimum Gasteiger partial charge on any atom is -0.497 e. The molecule has 1 aromatic carbocycles. The number of ether oxygens (including phenoxy) is 1. The van der Waals surface area contributed by atoms with Gasteiger partial charge in [0.1, 0.15) is 5.75 Å². The maximum Gasteiger partial charge on any atom is 0.159 e. The number of rotatable bonds is 6. The second-order valence-corrected chi connectivity index (χ2v) is 5.66. The molecule has 0 aliphatic heterocycles. The third kappa shape index (κ3) is 14.2. The summed E-state index contributed by atoms with van der Waals surface area (Å²) in [6, 6.07) is 8.13. The van der Waals surface area contributed by atoms with E-state index < -0.39 is 0 Å². The number of methoxy groups -OCH3 is 1. The zero-order valence-electron chi connectivity index (χ0n) is 18.0.